The molecule has 0 atom stereocenters. The summed E-state index contributed by atoms with van der Waals surface area (Å²) in [4.78, 5) is 115. The van der Waals surface area contributed by atoms with Gasteiger partial charge in [0, 0.05) is 86.0 Å². The SMILES string of the molecule is CN1CCC(C(=O)N2CCC(C(=O)N3CCC(c4ccc(Nc5nc(N6CCCCC6)cnc5C(N)=O)cc4)CC3)CC2)CC1.COC(=O)CNC(=O)CNC(=O)Cn1nc(C(C)C)c2c(-c3cc4c(cnn4C(=O)CCC=O)cc3F)cccc21. The van der Waals surface area contributed by atoms with Crippen molar-refractivity contribution in [3.05, 3.63) is 89.8 Å². The second kappa shape index (κ2) is 28.5. The van der Waals surface area contributed by atoms with Crippen LogP contribution >= 0.6 is 0 Å². The highest BCUT2D eigenvalue weighted by Gasteiger charge is 2.35. The van der Waals surface area contributed by atoms with Gasteiger partial charge in [-0.3, -0.25) is 38.2 Å². The summed E-state index contributed by atoms with van der Waals surface area (Å²) in [5.74, 6) is -1.03. The number of rotatable bonds is 18. The molecule has 0 aliphatic carbocycles. The van der Waals surface area contributed by atoms with E-state index in [0.717, 1.165) is 102 Å². The molecule has 0 bridgehead atoms. The molecular formula is C62H77FN14O9. The summed E-state index contributed by atoms with van der Waals surface area (Å²) in [6.45, 7) is 9.75. The average Bonchev–Trinajstić information content (AvgIpc) is 1.77. The zero-order valence-corrected chi connectivity index (χ0v) is 49.4. The maximum atomic E-state index is 15.5. The summed E-state index contributed by atoms with van der Waals surface area (Å²) in [6, 6.07) is 16.3. The molecule has 0 radical (unpaired) electrons. The van der Waals surface area contributed by atoms with Crippen molar-refractivity contribution in [2.45, 2.75) is 103 Å². The maximum Gasteiger partial charge on any atom is 0.325 e. The molecule has 5 N–H and O–H groups in total. The van der Waals surface area contributed by atoms with E-state index in [4.69, 9.17) is 10.7 Å². The summed E-state index contributed by atoms with van der Waals surface area (Å²) >= 11 is 0. The summed E-state index contributed by atoms with van der Waals surface area (Å²) in [5, 5.41) is 17.9. The lowest BCUT2D eigenvalue weighted by Crippen LogP contribution is -2.48. The molecule has 86 heavy (non-hydrogen) atoms. The number of methoxy groups -OCH3 is 1. The molecule has 3 aromatic heterocycles. The number of piperidine rings is 4. The second-order valence-electron chi connectivity index (χ2n) is 22.9. The molecule has 23 nitrogen and oxygen atoms in total. The van der Waals surface area contributed by atoms with Crippen molar-refractivity contribution in [2.75, 3.05) is 89.8 Å². The number of carbonyl (C=O) groups is 8. The molecular weight excluding hydrogens is 1100 g/mol. The molecule has 0 spiro atoms. The first-order valence-electron chi connectivity index (χ1n) is 29.8. The number of primary amides is 1. The Morgan fingerprint density at radius 1 is 0.767 bits per heavy atom. The maximum absolute atomic E-state index is 15.5. The normalized spacial score (nSPS) is 16.4. The van der Waals surface area contributed by atoms with Gasteiger partial charge in [-0.15, -0.1) is 0 Å². The van der Waals surface area contributed by atoms with Gasteiger partial charge in [0.1, 0.15) is 31.0 Å². The Hall–Kier alpha value is -8.67. The van der Waals surface area contributed by atoms with Crippen LogP contribution in [0.2, 0.25) is 0 Å². The Kier molecular flexibility index (Phi) is 20.5. The minimum absolute atomic E-state index is 0.0234. The van der Waals surface area contributed by atoms with Crippen LogP contribution in [0.4, 0.5) is 21.7 Å². The van der Waals surface area contributed by atoms with Crippen molar-refractivity contribution in [2.24, 2.45) is 17.6 Å². The first kappa shape index (κ1) is 61.9. The van der Waals surface area contributed by atoms with Crippen LogP contribution in [-0.2, 0) is 40.0 Å². The monoisotopic (exact) mass is 1180 g/mol. The highest BCUT2D eigenvalue weighted by molar-refractivity contribution is 6.01. The van der Waals surface area contributed by atoms with E-state index in [0.29, 0.717) is 70.1 Å². The lowest BCUT2D eigenvalue weighted by atomic mass is 9.87. The zero-order valence-electron chi connectivity index (χ0n) is 49.4. The number of likely N-dealkylation sites (tertiary alicyclic amines) is 3. The van der Waals surface area contributed by atoms with Crippen LogP contribution in [0.25, 0.3) is 32.9 Å². The lowest BCUT2D eigenvalue weighted by Gasteiger charge is -2.39. The third kappa shape index (κ3) is 14.9. The van der Waals surface area contributed by atoms with Gasteiger partial charge in [0.05, 0.1) is 42.8 Å². The Morgan fingerprint density at radius 2 is 1.42 bits per heavy atom. The molecule has 0 unspecified atom stereocenters. The number of hydrogen-bond acceptors (Lipinski definition) is 16. The molecule has 3 aromatic carbocycles. The number of aldehydes is 1. The average molecular weight is 1180 g/mol. The van der Waals surface area contributed by atoms with E-state index in [1.807, 2.05) is 35.8 Å². The molecule has 0 saturated carbocycles. The smallest absolute Gasteiger partial charge is 0.325 e. The number of esters is 1. The van der Waals surface area contributed by atoms with Crippen molar-refractivity contribution < 1.29 is 47.5 Å². The third-order valence-electron chi connectivity index (χ3n) is 16.8. The van der Waals surface area contributed by atoms with Crippen molar-refractivity contribution in [1.29, 1.82) is 0 Å². The van der Waals surface area contributed by atoms with E-state index in [9.17, 15) is 38.4 Å². The largest absolute Gasteiger partial charge is 0.468 e. The number of aromatic nitrogens is 6. The van der Waals surface area contributed by atoms with E-state index in [1.54, 1.807) is 30.5 Å². The summed E-state index contributed by atoms with van der Waals surface area (Å²) in [7, 11) is 3.31. The Balaban J connectivity index is 0.000000207. The number of ether oxygens (including phenoxy) is 1. The summed E-state index contributed by atoms with van der Waals surface area (Å²) < 4.78 is 22.6. The Morgan fingerprint density at radius 3 is 2.06 bits per heavy atom. The predicted molar refractivity (Wildman–Crippen MR) is 321 cm³/mol. The van der Waals surface area contributed by atoms with Crippen LogP contribution in [0.15, 0.2) is 67.0 Å². The molecule has 4 saturated heterocycles. The van der Waals surface area contributed by atoms with Gasteiger partial charge < -0.3 is 50.8 Å². The Bertz CT molecular complexity index is 3450. The van der Waals surface area contributed by atoms with Gasteiger partial charge in [-0.05, 0) is 131 Å². The summed E-state index contributed by atoms with van der Waals surface area (Å²) in [6.07, 6.45) is 12.5. The minimum atomic E-state index is -0.616. The fourth-order valence-electron chi connectivity index (χ4n) is 11.9. The number of nitrogens with zero attached hydrogens (tertiary/aromatic N) is 10. The topological polar surface area (TPSA) is 282 Å². The van der Waals surface area contributed by atoms with Crippen LogP contribution in [0, 0.1) is 17.7 Å². The molecule has 10 rings (SSSR count). The van der Waals surface area contributed by atoms with Gasteiger partial charge in [-0.2, -0.15) is 10.2 Å². The number of fused-ring (bicyclic) bond motifs is 2. The van der Waals surface area contributed by atoms with Gasteiger partial charge in [-0.1, -0.05) is 38.1 Å². The van der Waals surface area contributed by atoms with Gasteiger partial charge in [-0.25, -0.2) is 19.0 Å². The highest BCUT2D eigenvalue weighted by Crippen LogP contribution is 2.38. The first-order chi connectivity index (χ1) is 41.5. The lowest BCUT2D eigenvalue weighted by molar-refractivity contribution is -0.144. The highest BCUT2D eigenvalue weighted by atomic mass is 19.1. The van der Waals surface area contributed by atoms with E-state index >= 15 is 4.39 Å². The number of halogens is 1. The van der Waals surface area contributed by atoms with Gasteiger partial charge in [0.25, 0.3) is 5.91 Å². The number of amides is 5. The number of carbonyl (C=O) groups excluding carboxylic acids is 8. The fourth-order valence-corrected chi connectivity index (χ4v) is 11.9. The van der Waals surface area contributed by atoms with E-state index in [1.165, 1.54) is 40.7 Å². The van der Waals surface area contributed by atoms with Crippen LogP contribution in [0.5, 0.6) is 0 Å². The van der Waals surface area contributed by atoms with E-state index < -0.39 is 29.5 Å². The molecule has 7 heterocycles. The molecule has 6 aromatic rings. The third-order valence-corrected chi connectivity index (χ3v) is 16.8. The fraction of sp³-hybridized carbons (Fsp3) is 0.484. The van der Waals surface area contributed by atoms with E-state index in [2.05, 4.69) is 64.8 Å². The quantitative estimate of drug-likeness (QED) is 0.0573. The minimum Gasteiger partial charge on any atom is -0.468 e. The van der Waals surface area contributed by atoms with Crippen LogP contribution in [0.3, 0.4) is 0 Å². The summed E-state index contributed by atoms with van der Waals surface area (Å²) in [5.41, 5.74) is 10.2. The molecule has 5 amide bonds. The number of anilines is 3. The number of hydrogen-bond donors (Lipinski definition) is 4. The number of benzene rings is 3. The Labute approximate surface area is 498 Å². The van der Waals surface area contributed by atoms with Gasteiger partial charge >= 0.3 is 5.97 Å². The standard InChI is InChI=1S/C34H48N8O3.C28H29FN6O6/c1-39-17-9-26(10-18-39)33(44)42-21-13-27(14-22-42)34(45)41-19-11-25(12-20-41)24-5-7-28(8-6-24)37-32-30(31(35)43)36-23-29(38-32)40-15-3-2-4-16-40;1-16(2)28-27-18(19-11-22-17(10-20(19)29)12-32-35(22)25(39)8-5-9-36)6-4-7-21(27)34(33-28)15-24(38)30-13-23(37)31-14-26(40)41-3/h5-8,23,25-27H,2-4,9-22H2,1H3,(H2,35,43)(H,37,38);4,6-7,9-12,16H,5,8,13-15H2,1-3H3,(H,30,38)(H,31,37). The molecule has 4 aliphatic rings. The van der Waals surface area contributed by atoms with Crippen LogP contribution in [0.1, 0.15) is 123 Å². The van der Waals surface area contributed by atoms with E-state index in [-0.39, 0.29) is 73.3 Å². The molecule has 24 heteroatoms. The van der Waals surface area contributed by atoms with Crippen LogP contribution < -0.4 is 26.6 Å². The van der Waals surface area contributed by atoms with Crippen LogP contribution in [-0.4, -0.2) is 172 Å². The van der Waals surface area contributed by atoms with Gasteiger partial charge in [0.15, 0.2) is 11.5 Å². The van der Waals surface area contributed by atoms with Gasteiger partial charge in [0.2, 0.25) is 29.5 Å². The van der Waals surface area contributed by atoms with Crippen molar-refractivity contribution in [3.63, 3.8) is 0 Å². The van der Waals surface area contributed by atoms with Crippen molar-refractivity contribution >= 4 is 86.8 Å². The number of nitrogens with one attached hydrogen (secondary N) is 3. The molecule has 4 aliphatic heterocycles. The predicted octanol–water partition coefficient (Wildman–Crippen LogP) is 5.94. The molecule has 4 fully saturated rings. The zero-order chi connectivity index (χ0) is 61.0. The van der Waals surface area contributed by atoms with Crippen molar-refractivity contribution in [3.8, 4) is 11.1 Å². The molecule has 456 valence electrons. The first-order valence-corrected chi connectivity index (χ1v) is 29.8. The number of nitrogens with two attached hydrogens (primary N) is 1. The van der Waals surface area contributed by atoms with Crippen molar-refractivity contribution in [1.82, 2.24) is 54.9 Å². The second-order valence-corrected chi connectivity index (χ2v) is 22.9.